The summed E-state index contributed by atoms with van der Waals surface area (Å²) in [6, 6.07) is 12.0. The van der Waals surface area contributed by atoms with E-state index in [1.807, 2.05) is 37.3 Å². The number of hydrogen-bond donors (Lipinski definition) is 1. The number of halogens is 3. The van der Waals surface area contributed by atoms with Crippen molar-refractivity contribution in [3.63, 3.8) is 0 Å². The van der Waals surface area contributed by atoms with Crippen molar-refractivity contribution < 1.29 is 27.8 Å². The van der Waals surface area contributed by atoms with E-state index in [0.717, 1.165) is 17.7 Å². The molecule has 0 saturated carbocycles. The fraction of sp³-hybridized carbons (Fsp3) is 0.440. The van der Waals surface area contributed by atoms with E-state index in [1.54, 1.807) is 17.8 Å². The summed E-state index contributed by atoms with van der Waals surface area (Å²) in [5.41, 5.74) is 1.20. The summed E-state index contributed by atoms with van der Waals surface area (Å²) in [4.78, 5) is 17.2. The van der Waals surface area contributed by atoms with Crippen molar-refractivity contribution >= 4 is 17.1 Å². The van der Waals surface area contributed by atoms with Crippen LogP contribution in [0.5, 0.6) is 0 Å². The third-order valence-corrected chi connectivity index (χ3v) is 6.85. The minimum Gasteiger partial charge on any atom is -0.465 e. The van der Waals surface area contributed by atoms with Gasteiger partial charge in [0.05, 0.1) is 35.6 Å². The number of carboxylic acid groups (broad SMARTS) is 1. The van der Waals surface area contributed by atoms with Gasteiger partial charge in [0.25, 0.3) is 0 Å². The molecule has 34 heavy (non-hydrogen) atoms. The van der Waals surface area contributed by atoms with Gasteiger partial charge in [-0.2, -0.15) is 13.2 Å². The molecule has 3 aromatic rings. The number of hydrogen-bond acceptors (Lipinski definition) is 3. The molecule has 0 bridgehead atoms. The molecule has 0 spiro atoms. The second-order valence-corrected chi connectivity index (χ2v) is 8.83. The first-order valence-electron chi connectivity index (χ1n) is 11.4. The maximum absolute atomic E-state index is 13.6. The van der Waals surface area contributed by atoms with Crippen LogP contribution in [0.15, 0.2) is 48.8 Å². The van der Waals surface area contributed by atoms with Crippen LogP contribution in [0.2, 0.25) is 0 Å². The van der Waals surface area contributed by atoms with E-state index in [-0.39, 0.29) is 6.61 Å². The summed E-state index contributed by atoms with van der Waals surface area (Å²) in [5.74, 6) is 0. The maximum atomic E-state index is 13.6. The van der Waals surface area contributed by atoms with Gasteiger partial charge >= 0.3 is 12.3 Å². The molecule has 0 aliphatic carbocycles. The molecule has 1 fully saturated rings. The first-order valence-corrected chi connectivity index (χ1v) is 11.4. The summed E-state index contributed by atoms with van der Waals surface area (Å²) in [5, 5.41) is 9.35. The number of imidazole rings is 1. The third-order valence-electron chi connectivity index (χ3n) is 6.85. The van der Waals surface area contributed by atoms with Crippen molar-refractivity contribution in [2.75, 3.05) is 19.7 Å². The van der Waals surface area contributed by atoms with Gasteiger partial charge in [-0.3, -0.25) is 0 Å². The SMILES string of the molecule is CCn1cnc2c(C(C)OCC3(c4ccccc4)CCN(C(=O)O)CC3)cc(C(F)(F)F)cc21. The zero-order chi connectivity index (χ0) is 24.5. The number of benzene rings is 2. The van der Waals surface area contributed by atoms with Crippen LogP contribution in [0, 0.1) is 0 Å². The fourth-order valence-electron chi connectivity index (χ4n) is 4.72. The highest BCUT2D eigenvalue weighted by Crippen LogP contribution is 2.39. The number of alkyl halides is 3. The highest BCUT2D eigenvalue weighted by atomic mass is 19.4. The Hall–Kier alpha value is -3.07. The average molecular weight is 476 g/mol. The normalized spacial score (nSPS) is 17.1. The van der Waals surface area contributed by atoms with Gasteiger partial charge in [0, 0.05) is 30.6 Å². The van der Waals surface area contributed by atoms with E-state index in [4.69, 9.17) is 4.74 Å². The Balaban J connectivity index is 1.64. The second kappa shape index (κ2) is 9.29. The molecule has 1 N–H and O–H groups in total. The van der Waals surface area contributed by atoms with E-state index in [9.17, 15) is 23.1 Å². The first kappa shape index (κ1) is 24.1. The van der Waals surface area contributed by atoms with Crippen molar-refractivity contribution in [1.29, 1.82) is 0 Å². The number of aryl methyl sites for hydroxylation is 1. The van der Waals surface area contributed by atoms with Gasteiger partial charge in [0.2, 0.25) is 0 Å². The van der Waals surface area contributed by atoms with E-state index >= 15 is 0 Å². The summed E-state index contributed by atoms with van der Waals surface area (Å²) >= 11 is 0. The molecule has 1 saturated heterocycles. The molecule has 1 aliphatic heterocycles. The van der Waals surface area contributed by atoms with Crippen LogP contribution in [-0.4, -0.2) is 45.3 Å². The Morgan fingerprint density at radius 1 is 1.21 bits per heavy atom. The lowest BCUT2D eigenvalue weighted by Crippen LogP contribution is -2.47. The molecule has 4 rings (SSSR count). The molecule has 1 amide bonds. The van der Waals surface area contributed by atoms with Gasteiger partial charge in [0.1, 0.15) is 0 Å². The van der Waals surface area contributed by atoms with Crippen molar-refractivity contribution in [2.24, 2.45) is 0 Å². The second-order valence-electron chi connectivity index (χ2n) is 8.83. The Kier molecular flexibility index (Phi) is 6.58. The number of likely N-dealkylation sites (tertiary alicyclic amines) is 1. The lowest BCUT2D eigenvalue weighted by atomic mass is 9.73. The lowest BCUT2D eigenvalue weighted by molar-refractivity contribution is -0.137. The Bertz CT molecular complexity index is 1150. The van der Waals surface area contributed by atoms with Crippen LogP contribution < -0.4 is 0 Å². The third kappa shape index (κ3) is 4.61. The molecular formula is C25H28F3N3O3. The van der Waals surface area contributed by atoms with Crippen molar-refractivity contribution in [3.05, 3.63) is 65.5 Å². The molecule has 182 valence electrons. The molecule has 1 aromatic heterocycles. The van der Waals surface area contributed by atoms with Crippen molar-refractivity contribution in [2.45, 2.75) is 50.9 Å². The number of amides is 1. The lowest BCUT2D eigenvalue weighted by Gasteiger charge is -2.41. The molecule has 1 atom stereocenters. The molecule has 1 aliphatic rings. The number of nitrogens with zero attached hydrogens (tertiary/aromatic N) is 3. The molecular weight excluding hydrogens is 447 g/mol. The van der Waals surface area contributed by atoms with Gasteiger partial charge in [-0.25, -0.2) is 9.78 Å². The standard InChI is InChI=1S/C25H28F3N3O3/c1-3-30-16-29-22-20(13-19(14-21(22)30)25(26,27)28)17(2)34-15-24(18-7-5-4-6-8-18)9-11-31(12-10-24)23(32)33/h4-8,13-14,16-17H,3,9-12,15H2,1-2H3,(H,32,33). The monoisotopic (exact) mass is 475 g/mol. The topological polar surface area (TPSA) is 67.6 Å². The van der Waals surface area contributed by atoms with Gasteiger partial charge in [-0.1, -0.05) is 30.3 Å². The van der Waals surface area contributed by atoms with Crippen LogP contribution in [0.3, 0.4) is 0 Å². The van der Waals surface area contributed by atoms with E-state index in [0.29, 0.717) is 49.1 Å². The zero-order valence-electron chi connectivity index (χ0n) is 19.2. The van der Waals surface area contributed by atoms with Gasteiger partial charge in [0.15, 0.2) is 0 Å². The largest absolute Gasteiger partial charge is 0.465 e. The first-order chi connectivity index (χ1) is 16.1. The Morgan fingerprint density at radius 3 is 2.47 bits per heavy atom. The summed E-state index contributed by atoms with van der Waals surface area (Å²) in [7, 11) is 0. The van der Waals surface area contributed by atoms with Crippen molar-refractivity contribution in [1.82, 2.24) is 14.5 Å². The summed E-state index contributed by atoms with van der Waals surface area (Å²) in [6.45, 7) is 5.11. The number of rotatable bonds is 6. The molecule has 1 unspecified atom stereocenters. The number of carbonyl (C=O) groups is 1. The highest BCUT2D eigenvalue weighted by molar-refractivity contribution is 5.80. The predicted molar refractivity (Wildman–Crippen MR) is 122 cm³/mol. The Morgan fingerprint density at radius 2 is 1.88 bits per heavy atom. The van der Waals surface area contributed by atoms with Gasteiger partial charge in [-0.05, 0) is 44.4 Å². The molecule has 2 heterocycles. The number of fused-ring (bicyclic) bond motifs is 1. The quantitative estimate of drug-likeness (QED) is 0.485. The fourth-order valence-corrected chi connectivity index (χ4v) is 4.72. The molecule has 6 nitrogen and oxygen atoms in total. The highest BCUT2D eigenvalue weighted by Gasteiger charge is 2.39. The molecule has 9 heteroatoms. The van der Waals surface area contributed by atoms with Gasteiger partial charge in [-0.15, -0.1) is 0 Å². The number of piperidine rings is 1. The molecule has 2 aromatic carbocycles. The van der Waals surface area contributed by atoms with Crippen LogP contribution in [0.4, 0.5) is 18.0 Å². The number of ether oxygens (including phenoxy) is 1. The van der Waals surface area contributed by atoms with Crippen LogP contribution in [-0.2, 0) is 22.9 Å². The maximum Gasteiger partial charge on any atom is 0.416 e. The summed E-state index contributed by atoms with van der Waals surface area (Å²) < 4.78 is 48.9. The molecule has 0 radical (unpaired) electrons. The van der Waals surface area contributed by atoms with Crippen LogP contribution >= 0.6 is 0 Å². The van der Waals surface area contributed by atoms with Gasteiger partial charge < -0.3 is 19.3 Å². The van der Waals surface area contributed by atoms with Crippen molar-refractivity contribution in [3.8, 4) is 0 Å². The smallest absolute Gasteiger partial charge is 0.416 e. The predicted octanol–water partition coefficient (Wildman–Crippen LogP) is 5.86. The minimum absolute atomic E-state index is 0.262. The summed E-state index contributed by atoms with van der Waals surface area (Å²) in [6.07, 6.45) is -3.39. The number of aromatic nitrogens is 2. The van der Waals surface area contributed by atoms with E-state index < -0.39 is 29.4 Å². The zero-order valence-corrected chi connectivity index (χ0v) is 19.2. The van der Waals surface area contributed by atoms with E-state index in [2.05, 4.69) is 4.98 Å². The van der Waals surface area contributed by atoms with Crippen LogP contribution in [0.25, 0.3) is 11.0 Å². The Labute approximate surface area is 196 Å². The van der Waals surface area contributed by atoms with E-state index in [1.165, 1.54) is 4.90 Å². The van der Waals surface area contributed by atoms with Crippen LogP contribution in [0.1, 0.15) is 49.5 Å². The minimum atomic E-state index is -4.49. The average Bonchev–Trinajstić information content (AvgIpc) is 3.25.